The van der Waals surface area contributed by atoms with E-state index in [1.165, 1.54) is 12.8 Å². The van der Waals surface area contributed by atoms with E-state index in [0.717, 1.165) is 37.3 Å². The molecule has 0 aromatic carbocycles. The summed E-state index contributed by atoms with van der Waals surface area (Å²) < 4.78 is 10.6. The first-order chi connectivity index (χ1) is 9.76. The molecule has 0 spiro atoms. The van der Waals surface area contributed by atoms with E-state index in [1.807, 2.05) is 18.7 Å². The van der Waals surface area contributed by atoms with Gasteiger partial charge < -0.3 is 9.26 Å². The zero-order valence-corrected chi connectivity index (χ0v) is 12.6. The van der Waals surface area contributed by atoms with Gasteiger partial charge in [-0.05, 0) is 38.4 Å². The van der Waals surface area contributed by atoms with Crippen LogP contribution >= 0.6 is 11.8 Å². The van der Waals surface area contributed by atoms with Crippen LogP contribution in [0.4, 0.5) is 0 Å². The van der Waals surface area contributed by atoms with Crippen LogP contribution in [0.1, 0.15) is 62.4 Å². The molecule has 20 heavy (non-hydrogen) atoms. The average Bonchev–Trinajstić information content (AvgIpc) is 2.89. The Morgan fingerprint density at radius 2 is 2.30 bits per heavy atom. The van der Waals surface area contributed by atoms with Crippen molar-refractivity contribution in [2.75, 3.05) is 12.4 Å². The number of ether oxygens (including phenoxy) is 1. The van der Waals surface area contributed by atoms with Crippen molar-refractivity contribution < 1.29 is 14.1 Å². The van der Waals surface area contributed by atoms with Crippen molar-refractivity contribution in [2.24, 2.45) is 0 Å². The van der Waals surface area contributed by atoms with E-state index in [0.29, 0.717) is 17.7 Å². The Bertz CT molecular complexity index is 479. The minimum absolute atomic E-state index is 0.210. The molecule has 1 aromatic rings. The fraction of sp³-hybridized carbons (Fsp3) is 0.786. The molecule has 3 rings (SSSR count). The van der Waals surface area contributed by atoms with Crippen molar-refractivity contribution in [3.63, 3.8) is 0 Å². The zero-order chi connectivity index (χ0) is 14.0. The van der Waals surface area contributed by atoms with E-state index in [-0.39, 0.29) is 5.97 Å². The van der Waals surface area contributed by atoms with Gasteiger partial charge in [-0.25, -0.2) is 0 Å². The highest BCUT2D eigenvalue weighted by Crippen LogP contribution is 2.45. The Kier molecular flexibility index (Phi) is 4.01. The first kappa shape index (κ1) is 13.9. The normalized spacial score (nSPS) is 24.9. The van der Waals surface area contributed by atoms with E-state index in [9.17, 15) is 4.79 Å². The van der Waals surface area contributed by atoms with Gasteiger partial charge in [-0.3, -0.25) is 4.79 Å². The summed E-state index contributed by atoms with van der Waals surface area (Å²) in [7, 11) is 0. The standard InChI is InChI=1S/C14H20N2O3S/c1-2-18-13(17)14(7-5-8-14)12-15-11(16-19-12)10-6-3-4-9-20-10/h10H,2-9H2,1H3. The van der Waals surface area contributed by atoms with Crippen molar-refractivity contribution in [2.45, 2.75) is 56.1 Å². The van der Waals surface area contributed by atoms with Gasteiger partial charge in [-0.15, -0.1) is 0 Å². The van der Waals surface area contributed by atoms with Crippen LogP contribution in [-0.2, 0) is 14.9 Å². The summed E-state index contributed by atoms with van der Waals surface area (Å²) in [6, 6.07) is 0. The summed E-state index contributed by atoms with van der Waals surface area (Å²) in [5, 5.41) is 4.44. The quantitative estimate of drug-likeness (QED) is 0.796. The molecule has 2 fully saturated rings. The maximum atomic E-state index is 12.2. The number of hydrogen-bond acceptors (Lipinski definition) is 6. The maximum absolute atomic E-state index is 12.2. The Balaban J connectivity index is 1.79. The molecule has 1 atom stereocenters. The molecule has 2 aliphatic rings. The Morgan fingerprint density at radius 1 is 1.45 bits per heavy atom. The molecular formula is C14H20N2O3S. The van der Waals surface area contributed by atoms with Crippen molar-refractivity contribution in [1.29, 1.82) is 0 Å². The maximum Gasteiger partial charge on any atom is 0.321 e. The molecule has 1 aliphatic heterocycles. The predicted octanol–water partition coefficient (Wildman–Crippen LogP) is 3.01. The third kappa shape index (κ3) is 2.34. The Morgan fingerprint density at radius 3 is 2.90 bits per heavy atom. The highest BCUT2D eigenvalue weighted by atomic mass is 32.2. The van der Waals surface area contributed by atoms with Crippen molar-refractivity contribution in [3.8, 4) is 0 Å². The third-order valence-corrected chi connectivity index (χ3v) is 5.57. The second kappa shape index (κ2) is 5.76. The van der Waals surface area contributed by atoms with Crippen LogP contribution in [-0.4, -0.2) is 28.5 Å². The molecule has 0 amide bonds. The molecule has 1 aliphatic carbocycles. The SMILES string of the molecule is CCOC(=O)C1(c2nc(C3CCCCS3)no2)CCC1. The Hall–Kier alpha value is -1.04. The van der Waals surface area contributed by atoms with Gasteiger partial charge in [-0.1, -0.05) is 18.0 Å². The van der Waals surface area contributed by atoms with E-state index >= 15 is 0 Å². The molecule has 1 saturated heterocycles. The lowest BCUT2D eigenvalue weighted by Crippen LogP contribution is -2.44. The summed E-state index contributed by atoms with van der Waals surface area (Å²) in [6.07, 6.45) is 6.09. The molecule has 0 radical (unpaired) electrons. The second-order valence-corrected chi connectivity index (χ2v) is 6.78. The van der Waals surface area contributed by atoms with E-state index in [1.54, 1.807) is 0 Å². The van der Waals surface area contributed by atoms with Crippen LogP contribution in [0.15, 0.2) is 4.52 Å². The van der Waals surface area contributed by atoms with Crippen molar-refractivity contribution in [1.82, 2.24) is 10.1 Å². The van der Waals surface area contributed by atoms with Gasteiger partial charge in [0.2, 0.25) is 5.89 Å². The number of hydrogen-bond donors (Lipinski definition) is 0. The lowest BCUT2D eigenvalue weighted by molar-refractivity contribution is -0.155. The number of esters is 1. The van der Waals surface area contributed by atoms with Gasteiger partial charge in [0.25, 0.3) is 0 Å². The minimum Gasteiger partial charge on any atom is -0.465 e. The van der Waals surface area contributed by atoms with Crippen LogP contribution in [0.5, 0.6) is 0 Å². The van der Waals surface area contributed by atoms with Gasteiger partial charge in [0.1, 0.15) is 5.41 Å². The molecule has 5 nitrogen and oxygen atoms in total. The fourth-order valence-corrected chi connectivity index (χ4v) is 4.04. The number of thioether (sulfide) groups is 1. The molecule has 0 bridgehead atoms. The molecule has 0 N–H and O–H groups in total. The highest BCUT2D eigenvalue weighted by Gasteiger charge is 2.52. The molecular weight excluding hydrogens is 276 g/mol. The monoisotopic (exact) mass is 296 g/mol. The smallest absolute Gasteiger partial charge is 0.321 e. The topological polar surface area (TPSA) is 65.2 Å². The third-order valence-electron chi connectivity index (χ3n) is 4.19. The van der Waals surface area contributed by atoms with Crippen molar-refractivity contribution >= 4 is 17.7 Å². The zero-order valence-electron chi connectivity index (χ0n) is 11.8. The molecule has 1 saturated carbocycles. The molecule has 1 aromatic heterocycles. The summed E-state index contributed by atoms with van der Waals surface area (Å²) in [5.74, 6) is 2.15. The van der Waals surface area contributed by atoms with Crippen LogP contribution < -0.4 is 0 Å². The summed E-state index contributed by atoms with van der Waals surface area (Å²) in [5.41, 5.74) is -0.666. The van der Waals surface area contributed by atoms with Crippen LogP contribution in [0, 0.1) is 0 Å². The lowest BCUT2D eigenvalue weighted by Gasteiger charge is -2.35. The highest BCUT2D eigenvalue weighted by molar-refractivity contribution is 7.99. The van der Waals surface area contributed by atoms with Gasteiger partial charge in [0.05, 0.1) is 11.9 Å². The predicted molar refractivity (Wildman–Crippen MR) is 75.5 cm³/mol. The van der Waals surface area contributed by atoms with Crippen LogP contribution in [0.25, 0.3) is 0 Å². The minimum atomic E-state index is -0.666. The number of aromatic nitrogens is 2. The van der Waals surface area contributed by atoms with Gasteiger partial charge in [-0.2, -0.15) is 16.7 Å². The summed E-state index contributed by atoms with van der Waals surface area (Å²) >= 11 is 1.88. The van der Waals surface area contributed by atoms with Crippen LogP contribution in [0.2, 0.25) is 0 Å². The number of rotatable bonds is 4. The number of carbonyl (C=O) groups is 1. The lowest BCUT2D eigenvalue weighted by atomic mass is 9.68. The van der Waals surface area contributed by atoms with Gasteiger partial charge >= 0.3 is 5.97 Å². The first-order valence-electron chi connectivity index (χ1n) is 7.39. The van der Waals surface area contributed by atoms with Gasteiger partial charge in [0, 0.05) is 0 Å². The number of nitrogens with zero attached hydrogens (tertiary/aromatic N) is 2. The van der Waals surface area contributed by atoms with E-state index in [4.69, 9.17) is 9.26 Å². The van der Waals surface area contributed by atoms with E-state index < -0.39 is 5.41 Å². The van der Waals surface area contributed by atoms with E-state index in [2.05, 4.69) is 10.1 Å². The summed E-state index contributed by atoms with van der Waals surface area (Å²) in [4.78, 5) is 16.7. The second-order valence-electron chi connectivity index (χ2n) is 5.47. The Labute approximate surface area is 122 Å². The van der Waals surface area contributed by atoms with Crippen molar-refractivity contribution in [3.05, 3.63) is 11.7 Å². The summed E-state index contributed by atoms with van der Waals surface area (Å²) in [6.45, 7) is 2.21. The number of carbonyl (C=O) groups excluding carboxylic acids is 1. The average molecular weight is 296 g/mol. The molecule has 1 unspecified atom stereocenters. The largest absolute Gasteiger partial charge is 0.465 e. The fourth-order valence-electron chi connectivity index (χ4n) is 2.81. The first-order valence-corrected chi connectivity index (χ1v) is 8.44. The molecule has 110 valence electrons. The van der Waals surface area contributed by atoms with Crippen LogP contribution in [0.3, 0.4) is 0 Å². The molecule has 6 heteroatoms. The van der Waals surface area contributed by atoms with Gasteiger partial charge in [0.15, 0.2) is 5.82 Å². The molecule has 2 heterocycles.